The second-order valence-corrected chi connectivity index (χ2v) is 6.91. The molecule has 1 aromatic rings. The molecular weight excluding hydrogens is 270 g/mol. The van der Waals surface area contributed by atoms with Crippen LogP contribution in [0.4, 0.5) is 0 Å². The number of carboxylic acid groups (broad SMARTS) is 1. The van der Waals surface area contributed by atoms with E-state index in [0.717, 1.165) is 12.8 Å². The third-order valence-corrected chi connectivity index (χ3v) is 6.38. The number of nitrogens with one attached hydrogen (secondary N) is 1. The highest BCUT2D eigenvalue weighted by atomic mass is 16.4. The molecule has 2 saturated carbocycles. The van der Waals surface area contributed by atoms with E-state index in [1.807, 2.05) is 13.8 Å². The van der Waals surface area contributed by atoms with Crippen LogP contribution in [0.3, 0.4) is 0 Å². The highest BCUT2D eigenvalue weighted by Crippen LogP contribution is 2.87. The smallest absolute Gasteiger partial charge is 0.310 e. The monoisotopic (exact) mass is 291 g/mol. The van der Waals surface area contributed by atoms with Gasteiger partial charge >= 0.3 is 5.97 Å². The van der Waals surface area contributed by atoms with Gasteiger partial charge in [-0.3, -0.25) is 9.59 Å². The summed E-state index contributed by atoms with van der Waals surface area (Å²) in [6, 6.07) is 3.58. The van der Waals surface area contributed by atoms with E-state index in [0.29, 0.717) is 12.3 Å². The largest absolute Gasteiger partial charge is 0.481 e. The Kier molecular flexibility index (Phi) is 2.78. The van der Waals surface area contributed by atoms with Crippen molar-refractivity contribution in [1.29, 1.82) is 0 Å². The molecule has 2 N–H and O–H groups in total. The maximum absolute atomic E-state index is 12.4. The van der Waals surface area contributed by atoms with Gasteiger partial charge in [0.15, 0.2) is 0 Å². The van der Waals surface area contributed by atoms with E-state index in [4.69, 9.17) is 4.42 Å². The lowest BCUT2D eigenvalue weighted by Crippen LogP contribution is -2.46. The Bertz CT molecular complexity index is 591. The molecule has 0 unspecified atom stereocenters. The summed E-state index contributed by atoms with van der Waals surface area (Å²) in [4.78, 5) is 24.1. The first-order valence-electron chi connectivity index (χ1n) is 7.32. The average Bonchev–Trinajstić information content (AvgIpc) is 2.73. The first-order chi connectivity index (χ1) is 9.79. The number of aliphatic carboxylic acids is 1. The van der Waals surface area contributed by atoms with Crippen LogP contribution in [0.5, 0.6) is 0 Å². The van der Waals surface area contributed by atoms with Gasteiger partial charge in [-0.15, -0.1) is 0 Å². The second kappa shape index (κ2) is 4.12. The van der Waals surface area contributed by atoms with Crippen molar-refractivity contribution in [3.8, 4) is 0 Å². The van der Waals surface area contributed by atoms with Crippen molar-refractivity contribution in [1.82, 2.24) is 5.32 Å². The third-order valence-electron chi connectivity index (χ3n) is 6.38. The van der Waals surface area contributed by atoms with Crippen molar-refractivity contribution in [2.75, 3.05) is 0 Å². The van der Waals surface area contributed by atoms with Crippen molar-refractivity contribution in [3.63, 3.8) is 0 Å². The lowest BCUT2D eigenvalue weighted by atomic mass is 9.63. The number of carbonyl (C=O) groups excluding carboxylic acids is 1. The normalized spacial score (nSPS) is 36.0. The van der Waals surface area contributed by atoms with Crippen LogP contribution in [0, 0.1) is 22.2 Å². The minimum atomic E-state index is -0.815. The topological polar surface area (TPSA) is 79.5 Å². The van der Waals surface area contributed by atoms with E-state index >= 15 is 0 Å². The molecule has 114 valence electrons. The maximum Gasteiger partial charge on any atom is 0.310 e. The molecule has 1 heterocycles. The first-order valence-corrected chi connectivity index (χ1v) is 7.32. The Morgan fingerprint density at radius 3 is 2.57 bits per heavy atom. The van der Waals surface area contributed by atoms with Crippen LogP contribution < -0.4 is 5.32 Å². The molecule has 5 nitrogen and oxygen atoms in total. The second-order valence-electron chi connectivity index (χ2n) is 6.91. The van der Waals surface area contributed by atoms with Crippen molar-refractivity contribution in [3.05, 3.63) is 24.2 Å². The highest BCUT2D eigenvalue weighted by Gasteiger charge is 2.88. The fourth-order valence-corrected chi connectivity index (χ4v) is 4.68. The number of rotatable bonds is 4. The summed E-state index contributed by atoms with van der Waals surface area (Å²) < 4.78 is 5.19. The first kappa shape index (κ1) is 14.2. The zero-order chi connectivity index (χ0) is 15.5. The number of hydrogen-bond donors (Lipinski definition) is 2. The van der Waals surface area contributed by atoms with E-state index in [1.165, 1.54) is 0 Å². The summed E-state index contributed by atoms with van der Waals surface area (Å²) in [5.41, 5.74) is -1.57. The van der Waals surface area contributed by atoms with Crippen LogP contribution in [0.15, 0.2) is 22.8 Å². The summed E-state index contributed by atoms with van der Waals surface area (Å²) in [6.45, 7) is 6.06. The predicted octanol–water partition coefficient (Wildman–Crippen LogP) is 2.42. The van der Waals surface area contributed by atoms with Gasteiger partial charge in [0, 0.05) is 11.3 Å². The third kappa shape index (κ3) is 1.46. The molecule has 0 bridgehead atoms. The molecule has 1 spiro atoms. The number of carbonyl (C=O) groups is 2. The maximum atomic E-state index is 12.4. The SMILES string of the molecule is CC1(C)[C@@]2(CC[C@@H]2C(=O)NCc2ccco2)[C@]1(C)C(=O)O. The molecule has 21 heavy (non-hydrogen) atoms. The fourth-order valence-electron chi connectivity index (χ4n) is 4.68. The van der Waals surface area contributed by atoms with Crippen LogP contribution in [0.1, 0.15) is 39.4 Å². The fraction of sp³-hybridized carbons (Fsp3) is 0.625. The van der Waals surface area contributed by atoms with Crippen LogP contribution >= 0.6 is 0 Å². The Morgan fingerprint density at radius 2 is 2.14 bits per heavy atom. The number of carboxylic acids is 1. The molecule has 5 heteroatoms. The van der Waals surface area contributed by atoms with Crippen LogP contribution in [0.2, 0.25) is 0 Å². The predicted molar refractivity (Wildman–Crippen MR) is 75.2 cm³/mol. The summed E-state index contributed by atoms with van der Waals surface area (Å²) in [5.74, 6) is -0.372. The molecule has 0 aliphatic heterocycles. The van der Waals surface area contributed by atoms with Crippen LogP contribution in [-0.4, -0.2) is 17.0 Å². The van der Waals surface area contributed by atoms with E-state index in [9.17, 15) is 14.7 Å². The van der Waals surface area contributed by atoms with Gasteiger partial charge in [0.25, 0.3) is 0 Å². The molecule has 0 saturated heterocycles. The lowest BCUT2D eigenvalue weighted by molar-refractivity contribution is -0.148. The Hall–Kier alpha value is -1.78. The molecule has 3 rings (SSSR count). The minimum absolute atomic E-state index is 0.0595. The van der Waals surface area contributed by atoms with Gasteiger partial charge in [0.2, 0.25) is 5.91 Å². The molecule has 0 radical (unpaired) electrons. The van der Waals surface area contributed by atoms with Gasteiger partial charge in [-0.1, -0.05) is 13.8 Å². The average molecular weight is 291 g/mol. The van der Waals surface area contributed by atoms with Gasteiger partial charge in [-0.2, -0.15) is 0 Å². The zero-order valence-corrected chi connectivity index (χ0v) is 12.6. The van der Waals surface area contributed by atoms with E-state index < -0.39 is 16.8 Å². The van der Waals surface area contributed by atoms with E-state index in [-0.39, 0.29) is 17.2 Å². The van der Waals surface area contributed by atoms with Gasteiger partial charge < -0.3 is 14.8 Å². The minimum Gasteiger partial charge on any atom is -0.481 e. The summed E-state index contributed by atoms with van der Waals surface area (Å²) in [5, 5.41) is 12.5. The summed E-state index contributed by atoms with van der Waals surface area (Å²) >= 11 is 0. The number of hydrogen-bond acceptors (Lipinski definition) is 3. The zero-order valence-electron chi connectivity index (χ0n) is 12.6. The number of amides is 1. The molecule has 1 amide bonds. The molecule has 2 aliphatic carbocycles. The van der Waals surface area contributed by atoms with Crippen LogP contribution in [0.25, 0.3) is 0 Å². The molecule has 2 fully saturated rings. The molecule has 0 aromatic carbocycles. The molecular formula is C16H21NO4. The molecule has 2 aliphatic rings. The van der Waals surface area contributed by atoms with Crippen LogP contribution in [-0.2, 0) is 16.1 Å². The molecule has 3 atom stereocenters. The van der Waals surface area contributed by atoms with Gasteiger partial charge in [0.05, 0.1) is 18.2 Å². The van der Waals surface area contributed by atoms with Crippen molar-refractivity contribution < 1.29 is 19.1 Å². The van der Waals surface area contributed by atoms with Gasteiger partial charge in [-0.25, -0.2) is 0 Å². The summed E-state index contributed by atoms with van der Waals surface area (Å²) in [7, 11) is 0. The van der Waals surface area contributed by atoms with Gasteiger partial charge in [-0.05, 0) is 37.3 Å². The number of furan rings is 1. The molecule has 1 aromatic heterocycles. The summed E-state index contributed by atoms with van der Waals surface area (Å²) in [6.07, 6.45) is 3.13. The van der Waals surface area contributed by atoms with Gasteiger partial charge in [0.1, 0.15) is 5.76 Å². The Morgan fingerprint density at radius 1 is 1.43 bits per heavy atom. The Labute approximate surface area is 123 Å². The van der Waals surface area contributed by atoms with Crippen molar-refractivity contribution in [2.24, 2.45) is 22.2 Å². The standard InChI is InChI=1S/C16H21NO4/c1-14(2)15(3,13(19)20)16(14)7-6-11(16)12(18)17-9-10-5-4-8-21-10/h4-5,8,11H,6-7,9H2,1-3H3,(H,17,18)(H,19,20)/t11-,15-,16+/m1/s1. The Balaban J connectivity index is 1.73. The van der Waals surface area contributed by atoms with Crippen molar-refractivity contribution in [2.45, 2.75) is 40.2 Å². The lowest BCUT2D eigenvalue weighted by Gasteiger charge is -2.40. The highest BCUT2D eigenvalue weighted by molar-refractivity contribution is 5.89. The van der Waals surface area contributed by atoms with Crippen molar-refractivity contribution >= 4 is 11.9 Å². The van der Waals surface area contributed by atoms with E-state index in [1.54, 1.807) is 25.3 Å². The quantitative estimate of drug-likeness (QED) is 0.893. The van der Waals surface area contributed by atoms with E-state index in [2.05, 4.69) is 5.32 Å².